The molecule has 1 rings (SSSR count). The average molecular weight is 348 g/mol. The predicted octanol–water partition coefficient (Wildman–Crippen LogP) is 1.58. The number of rotatable bonds is 2. The second-order valence-electron chi connectivity index (χ2n) is 2.80. The molecule has 0 saturated carbocycles. The van der Waals surface area contributed by atoms with Crippen molar-refractivity contribution in [2.45, 2.75) is 18.2 Å². The van der Waals surface area contributed by atoms with E-state index in [1.807, 2.05) is 0 Å². The lowest BCUT2D eigenvalue weighted by Gasteiger charge is -2.10. The largest absolute Gasteiger partial charge is 0.265 e. The molecule has 1 aromatic rings. The van der Waals surface area contributed by atoms with E-state index in [-0.39, 0.29) is 5.56 Å². The number of primary sulfonamides is 1. The summed E-state index contributed by atoms with van der Waals surface area (Å²) >= 11 is 1.75. The van der Waals surface area contributed by atoms with Gasteiger partial charge in [0.2, 0.25) is 10.0 Å². The molecule has 0 aliphatic heterocycles. The molecule has 4 nitrogen and oxygen atoms in total. The van der Waals surface area contributed by atoms with Crippen molar-refractivity contribution in [3.05, 3.63) is 21.0 Å². The van der Waals surface area contributed by atoms with Gasteiger partial charge in [-0.3, -0.25) is 0 Å². The fraction of sp³-hybridized carbons (Fsp3) is 0.286. The van der Waals surface area contributed by atoms with Crippen molar-refractivity contribution in [3.63, 3.8) is 0 Å². The number of nitrogens with zero attached hydrogens (tertiary/aromatic N) is 1. The van der Waals surface area contributed by atoms with E-state index in [4.69, 9.17) is 5.14 Å². The number of sulfonamides is 1. The topological polar surface area (TPSA) is 73.0 Å². The van der Waals surface area contributed by atoms with Crippen LogP contribution in [0.1, 0.15) is 17.6 Å². The van der Waals surface area contributed by atoms with Crippen molar-refractivity contribution in [2.24, 2.45) is 5.14 Å². The number of nitrogens with two attached hydrogens (primary N) is 1. The van der Waals surface area contributed by atoms with E-state index in [2.05, 4.69) is 4.98 Å². The van der Waals surface area contributed by atoms with Gasteiger partial charge in [-0.05, 0) is 35.1 Å². The zero-order valence-electron chi connectivity index (χ0n) is 7.54. The lowest BCUT2D eigenvalue weighted by Crippen LogP contribution is -2.16. The van der Waals surface area contributed by atoms with E-state index >= 15 is 0 Å². The zero-order chi connectivity index (χ0) is 11.8. The molecule has 0 amide bonds. The standard InChI is InChI=1S/C7H7F2IN2O2S/c1-3-5(6(8)9)4(15(11,13)14)2-12-7(3)10/h2,6H,1H3,(H2,11,13,14). The molecule has 2 N–H and O–H groups in total. The third-order valence-corrected chi connectivity index (χ3v) is 3.82. The van der Waals surface area contributed by atoms with Crippen molar-refractivity contribution in [3.8, 4) is 0 Å². The minimum atomic E-state index is -4.16. The molecule has 0 aliphatic rings. The minimum absolute atomic E-state index is 0.136. The van der Waals surface area contributed by atoms with Crippen LogP contribution in [0.4, 0.5) is 8.78 Å². The van der Waals surface area contributed by atoms with Crippen molar-refractivity contribution < 1.29 is 17.2 Å². The quantitative estimate of drug-likeness (QED) is 0.652. The smallest absolute Gasteiger partial charge is 0.249 e. The van der Waals surface area contributed by atoms with Gasteiger partial charge in [0.1, 0.15) is 8.60 Å². The van der Waals surface area contributed by atoms with Crippen LogP contribution >= 0.6 is 22.6 Å². The lowest BCUT2D eigenvalue weighted by molar-refractivity contribution is 0.146. The van der Waals surface area contributed by atoms with Gasteiger partial charge >= 0.3 is 0 Å². The Bertz CT molecular complexity index is 490. The summed E-state index contributed by atoms with van der Waals surface area (Å²) in [5, 5.41) is 4.81. The molecule has 0 unspecified atom stereocenters. The van der Waals surface area contributed by atoms with Crippen LogP contribution in [0.25, 0.3) is 0 Å². The average Bonchev–Trinajstić information content (AvgIpc) is 2.06. The Morgan fingerprint density at radius 1 is 1.53 bits per heavy atom. The molecule has 1 aromatic heterocycles. The van der Waals surface area contributed by atoms with Crippen LogP contribution in [0.15, 0.2) is 11.1 Å². The first-order valence-corrected chi connectivity index (χ1v) is 6.33. The Morgan fingerprint density at radius 2 is 2.07 bits per heavy atom. The fourth-order valence-corrected chi connectivity index (χ4v) is 2.25. The van der Waals surface area contributed by atoms with Gasteiger partial charge in [0.15, 0.2) is 0 Å². The molecule has 0 aliphatic carbocycles. The molecule has 0 radical (unpaired) electrons. The van der Waals surface area contributed by atoms with Crippen molar-refractivity contribution in [1.82, 2.24) is 4.98 Å². The maximum Gasteiger partial charge on any atom is 0.265 e. The highest BCUT2D eigenvalue weighted by Crippen LogP contribution is 2.30. The van der Waals surface area contributed by atoms with E-state index in [1.54, 1.807) is 22.6 Å². The van der Waals surface area contributed by atoms with Crippen LogP contribution < -0.4 is 5.14 Å². The molecule has 0 saturated heterocycles. The second kappa shape index (κ2) is 4.26. The first-order chi connectivity index (χ1) is 6.75. The van der Waals surface area contributed by atoms with Gasteiger partial charge in [0, 0.05) is 11.8 Å². The van der Waals surface area contributed by atoms with Gasteiger partial charge in [-0.25, -0.2) is 27.3 Å². The summed E-state index contributed by atoms with van der Waals surface area (Å²) in [4.78, 5) is 3.07. The maximum absolute atomic E-state index is 12.6. The van der Waals surface area contributed by atoms with Crippen LogP contribution in [-0.4, -0.2) is 13.4 Å². The number of halogens is 3. The van der Waals surface area contributed by atoms with Gasteiger partial charge < -0.3 is 0 Å². The minimum Gasteiger partial charge on any atom is -0.249 e. The second-order valence-corrected chi connectivity index (χ2v) is 5.35. The third-order valence-electron chi connectivity index (χ3n) is 1.80. The molecule has 0 spiro atoms. The van der Waals surface area contributed by atoms with Gasteiger partial charge in [-0.15, -0.1) is 0 Å². The summed E-state index contributed by atoms with van der Waals surface area (Å²) in [7, 11) is -4.16. The highest BCUT2D eigenvalue weighted by molar-refractivity contribution is 14.1. The molecule has 0 aromatic carbocycles. The number of aromatic nitrogens is 1. The van der Waals surface area contributed by atoms with Crippen LogP contribution in [-0.2, 0) is 10.0 Å². The lowest BCUT2D eigenvalue weighted by atomic mass is 10.2. The molecule has 1 heterocycles. The Balaban J connectivity index is 3.62. The van der Waals surface area contributed by atoms with Crippen LogP contribution in [0, 0.1) is 10.6 Å². The van der Waals surface area contributed by atoms with Gasteiger partial charge in [0.25, 0.3) is 6.43 Å². The first-order valence-electron chi connectivity index (χ1n) is 3.71. The van der Waals surface area contributed by atoms with Crippen molar-refractivity contribution >= 4 is 32.6 Å². The monoisotopic (exact) mass is 348 g/mol. The fourth-order valence-electron chi connectivity index (χ4n) is 1.08. The molecule has 8 heteroatoms. The number of hydrogen-bond donors (Lipinski definition) is 1. The summed E-state index contributed by atoms with van der Waals surface area (Å²) in [5.74, 6) is 0. The van der Waals surface area contributed by atoms with Crippen molar-refractivity contribution in [2.75, 3.05) is 0 Å². The van der Waals surface area contributed by atoms with E-state index in [0.717, 1.165) is 6.20 Å². The summed E-state index contributed by atoms with van der Waals surface area (Å²) in [6, 6.07) is 0. The van der Waals surface area contributed by atoms with E-state index in [0.29, 0.717) is 3.70 Å². The van der Waals surface area contributed by atoms with Gasteiger partial charge in [0.05, 0.1) is 0 Å². The Kier molecular flexibility index (Phi) is 3.61. The van der Waals surface area contributed by atoms with E-state index in [9.17, 15) is 17.2 Å². The summed E-state index contributed by atoms with van der Waals surface area (Å²) in [6.45, 7) is 1.38. The molecule has 15 heavy (non-hydrogen) atoms. The first kappa shape index (κ1) is 12.7. The Hall–Kier alpha value is -0.350. The van der Waals surface area contributed by atoms with Crippen LogP contribution in [0.5, 0.6) is 0 Å². The highest BCUT2D eigenvalue weighted by atomic mass is 127. The SMILES string of the molecule is Cc1c(I)ncc(S(N)(=O)=O)c1C(F)F. The van der Waals surface area contributed by atoms with Crippen molar-refractivity contribution in [1.29, 1.82) is 0 Å². The van der Waals surface area contributed by atoms with E-state index < -0.39 is 26.9 Å². The maximum atomic E-state index is 12.6. The summed E-state index contributed by atoms with van der Waals surface area (Å²) in [6.07, 6.45) is -2.04. The molecular weight excluding hydrogens is 341 g/mol. The molecule has 84 valence electrons. The summed E-state index contributed by atoms with van der Waals surface area (Å²) in [5.41, 5.74) is -0.436. The van der Waals surface area contributed by atoms with Crippen LogP contribution in [0.3, 0.4) is 0 Å². The van der Waals surface area contributed by atoms with Gasteiger partial charge in [-0.1, -0.05) is 0 Å². The van der Waals surface area contributed by atoms with Gasteiger partial charge in [-0.2, -0.15) is 0 Å². The highest BCUT2D eigenvalue weighted by Gasteiger charge is 2.24. The van der Waals surface area contributed by atoms with E-state index in [1.165, 1.54) is 6.92 Å². The Morgan fingerprint density at radius 3 is 2.47 bits per heavy atom. The predicted molar refractivity (Wildman–Crippen MR) is 58.0 cm³/mol. The normalized spacial score (nSPS) is 12.1. The summed E-state index contributed by atoms with van der Waals surface area (Å²) < 4.78 is 47.7. The molecular formula is C7H7F2IN2O2S. The number of pyridine rings is 1. The van der Waals surface area contributed by atoms with Crippen LogP contribution in [0.2, 0.25) is 0 Å². The molecule has 0 fully saturated rings. The Labute approximate surface area is 99.1 Å². The molecule has 0 atom stereocenters. The molecule has 0 bridgehead atoms. The number of alkyl halides is 2. The zero-order valence-corrected chi connectivity index (χ0v) is 10.5. The third kappa shape index (κ3) is 2.61. The number of hydrogen-bond acceptors (Lipinski definition) is 3.